The molecule has 0 spiro atoms. The number of rotatable bonds is 8. The Kier molecular flexibility index (Phi) is 16.5. The summed E-state index contributed by atoms with van der Waals surface area (Å²) in [7, 11) is 0. The Morgan fingerprint density at radius 3 is 1.72 bits per heavy atom. The monoisotopic (exact) mass is 871 g/mol. The molecule has 2 aliphatic carbocycles. The Labute approximate surface area is 402 Å². The molecule has 0 saturated carbocycles. The van der Waals surface area contributed by atoms with Crippen molar-refractivity contribution >= 4 is 22.8 Å². The summed E-state index contributed by atoms with van der Waals surface area (Å²) >= 11 is 0. The maximum absolute atomic E-state index is 4.25. The Morgan fingerprint density at radius 1 is 0.552 bits per heavy atom. The molecular formula is C67H66. The maximum Gasteiger partial charge on any atom is 0.00897 e. The van der Waals surface area contributed by atoms with E-state index in [0.717, 1.165) is 12.0 Å². The number of benzene rings is 8. The molecule has 2 aliphatic rings. The van der Waals surface area contributed by atoms with Crippen molar-refractivity contribution in [2.24, 2.45) is 5.92 Å². The highest BCUT2D eigenvalue weighted by Gasteiger charge is 2.33. The van der Waals surface area contributed by atoms with E-state index in [-0.39, 0.29) is 0 Å². The predicted octanol–water partition coefficient (Wildman–Crippen LogP) is 19.0. The van der Waals surface area contributed by atoms with Gasteiger partial charge in [-0.1, -0.05) is 262 Å². The molecule has 2 unspecified atom stereocenters. The summed E-state index contributed by atoms with van der Waals surface area (Å²) in [6.07, 6.45) is 9.47. The summed E-state index contributed by atoms with van der Waals surface area (Å²) in [4.78, 5) is 0. The van der Waals surface area contributed by atoms with Gasteiger partial charge in [0.1, 0.15) is 0 Å². The summed E-state index contributed by atoms with van der Waals surface area (Å²) in [5.41, 5.74) is 23.6. The first-order valence-electron chi connectivity index (χ1n) is 24.1. The highest BCUT2D eigenvalue weighted by molar-refractivity contribution is 5.92. The van der Waals surface area contributed by atoms with Crippen molar-refractivity contribution in [2.45, 2.75) is 67.2 Å². The van der Waals surface area contributed by atoms with Crippen LogP contribution in [0, 0.1) is 19.8 Å². The number of hydrogen-bond donors (Lipinski definition) is 0. The van der Waals surface area contributed by atoms with Gasteiger partial charge < -0.3 is 0 Å². The van der Waals surface area contributed by atoms with Crippen molar-refractivity contribution in [1.82, 2.24) is 0 Å². The maximum atomic E-state index is 4.25. The minimum Gasteiger partial charge on any atom is -0.0955 e. The van der Waals surface area contributed by atoms with Crippen LogP contribution in [-0.4, -0.2) is 0 Å². The molecule has 0 saturated heterocycles. The van der Waals surface area contributed by atoms with Gasteiger partial charge in [0.25, 0.3) is 0 Å². The highest BCUT2D eigenvalue weighted by Crippen LogP contribution is 2.48. The van der Waals surface area contributed by atoms with Crippen LogP contribution in [0.25, 0.3) is 56.2 Å². The molecule has 67 heavy (non-hydrogen) atoms. The van der Waals surface area contributed by atoms with Crippen molar-refractivity contribution in [3.05, 3.63) is 275 Å². The van der Waals surface area contributed by atoms with Crippen LogP contribution in [0.4, 0.5) is 0 Å². The number of hydrogen-bond acceptors (Lipinski definition) is 0. The fourth-order valence-electron chi connectivity index (χ4n) is 9.50. The van der Waals surface area contributed by atoms with Crippen LogP contribution >= 0.6 is 0 Å². The van der Waals surface area contributed by atoms with E-state index >= 15 is 0 Å². The molecule has 0 radical (unpaired) electrons. The van der Waals surface area contributed by atoms with Crippen LogP contribution in [0.3, 0.4) is 0 Å². The van der Waals surface area contributed by atoms with Crippen LogP contribution in [-0.2, 0) is 6.42 Å². The third-order valence-electron chi connectivity index (χ3n) is 13.0. The quantitative estimate of drug-likeness (QED) is 0.133. The van der Waals surface area contributed by atoms with Gasteiger partial charge in [-0.15, -0.1) is 0 Å². The molecule has 0 heteroatoms. The van der Waals surface area contributed by atoms with E-state index < -0.39 is 0 Å². The number of allylic oxidation sites excluding steroid dienone is 6. The molecule has 0 aromatic heterocycles. The predicted molar refractivity (Wildman–Crippen MR) is 294 cm³/mol. The van der Waals surface area contributed by atoms with Crippen molar-refractivity contribution in [1.29, 1.82) is 0 Å². The van der Waals surface area contributed by atoms with Gasteiger partial charge in [0.2, 0.25) is 0 Å². The molecular weight excluding hydrogens is 805 g/mol. The molecule has 334 valence electrons. The zero-order chi connectivity index (χ0) is 47.1. The first-order valence-corrected chi connectivity index (χ1v) is 24.1. The molecule has 0 amide bonds. The standard InChI is InChI=1S/C36H30.C22H22.C7H8.C2H6/c1-26(2)34-18-11-19-35(31-14-8-5-9-15-31)36(34)24-27(3)32-16-10-17-33(25-32)30-22-20-29(21-23-30)28-12-6-4-7-13-28;1-3-17-20(18-10-6-4-8-15(18)2)12-13-21-19-11-7-5-9-16(19)14-22(17)21;1-7-5-3-2-4-6-7;1-2/h4-25H,1H2,2-3H3;4-13,17,20H,3,14H2,1-2H3;2-6H,1H3;1-2H3/b27-24+;;;. The molecule has 0 nitrogen and oxygen atoms in total. The molecule has 0 bridgehead atoms. The minimum atomic E-state index is 0.527. The molecule has 0 aliphatic heterocycles. The smallest absolute Gasteiger partial charge is 0.00897 e. The molecule has 8 aromatic carbocycles. The van der Waals surface area contributed by atoms with Crippen LogP contribution in [0.1, 0.15) is 91.5 Å². The van der Waals surface area contributed by atoms with Gasteiger partial charge in [-0.2, -0.15) is 0 Å². The Bertz CT molecular complexity index is 2960. The normalized spacial score (nSPS) is 14.5. The second-order valence-corrected chi connectivity index (χ2v) is 17.4. The molecule has 2 atom stereocenters. The largest absolute Gasteiger partial charge is 0.0955 e. The fourth-order valence-corrected chi connectivity index (χ4v) is 9.50. The number of aryl methyl sites for hydroxylation is 2. The molecule has 8 aromatic rings. The van der Waals surface area contributed by atoms with E-state index in [1.54, 1.807) is 5.57 Å². The van der Waals surface area contributed by atoms with E-state index in [2.05, 4.69) is 247 Å². The topological polar surface area (TPSA) is 0 Å². The Balaban J connectivity index is 0.000000180. The molecule has 0 N–H and O–H groups in total. The molecule has 0 heterocycles. The van der Waals surface area contributed by atoms with Gasteiger partial charge in [0.05, 0.1) is 0 Å². The third-order valence-corrected chi connectivity index (χ3v) is 13.0. The van der Waals surface area contributed by atoms with E-state index in [4.69, 9.17) is 0 Å². The van der Waals surface area contributed by atoms with Gasteiger partial charge in [0, 0.05) is 5.92 Å². The van der Waals surface area contributed by atoms with Crippen LogP contribution < -0.4 is 0 Å². The van der Waals surface area contributed by atoms with Crippen molar-refractivity contribution < 1.29 is 0 Å². The highest BCUT2D eigenvalue weighted by atomic mass is 14.4. The van der Waals surface area contributed by atoms with Gasteiger partial charge in [-0.3, -0.25) is 0 Å². The molecule has 10 rings (SSSR count). The van der Waals surface area contributed by atoms with Gasteiger partial charge in [-0.25, -0.2) is 0 Å². The number of fused-ring (bicyclic) bond motifs is 2. The Morgan fingerprint density at radius 2 is 1.09 bits per heavy atom. The summed E-state index contributed by atoms with van der Waals surface area (Å²) in [5.74, 6) is 1.16. The van der Waals surface area contributed by atoms with E-state index in [1.165, 1.54) is 95.5 Å². The van der Waals surface area contributed by atoms with Crippen LogP contribution in [0.15, 0.2) is 231 Å². The SMILES string of the molecule is C=C(C)c1cccc(-c2ccccc2)c1/C=C(\C)c1cccc(-c2ccc(-c3ccccc3)cc2)c1.CC.CCC1C2=C(C=CC1c1ccccc1C)c1ccccc1C2.Cc1ccccc1. The fraction of sp³-hybridized carbons (Fsp3) is 0.164. The van der Waals surface area contributed by atoms with Crippen LogP contribution in [0.2, 0.25) is 0 Å². The second kappa shape index (κ2) is 23.3. The second-order valence-electron chi connectivity index (χ2n) is 17.4. The lowest BCUT2D eigenvalue weighted by Gasteiger charge is -2.30. The van der Waals surface area contributed by atoms with Crippen molar-refractivity contribution in [3.63, 3.8) is 0 Å². The summed E-state index contributed by atoms with van der Waals surface area (Å²) in [5, 5.41) is 0. The van der Waals surface area contributed by atoms with Gasteiger partial charge >= 0.3 is 0 Å². The summed E-state index contributed by atoms with van der Waals surface area (Å²) in [6.45, 7) is 19.2. The zero-order valence-electron chi connectivity index (χ0n) is 40.6. The average Bonchev–Trinajstić information content (AvgIpc) is 3.77. The van der Waals surface area contributed by atoms with E-state index in [9.17, 15) is 0 Å². The lowest BCUT2D eigenvalue weighted by atomic mass is 9.74. The van der Waals surface area contributed by atoms with Crippen molar-refractivity contribution in [2.75, 3.05) is 0 Å². The minimum absolute atomic E-state index is 0.527. The first kappa shape index (κ1) is 47.7. The van der Waals surface area contributed by atoms with Gasteiger partial charge in [0.15, 0.2) is 0 Å². The third kappa shape index (κ3) is 11.6. The summed E-state index contributed by atoms with van der Waals surface area (Å²) < 4.78 is 0. The Hall–Kier alpha value is -7.28. The first-order chi connectivity index (χ1) is 32.8. The zero-order valence-corrected chi connectivity index (χ0v) is 40.6. The molecule has 0 fully saturated rings. The van der Waals surface area contributed by atoms with Crippen molar-refractivity contribution in [3.8, 4) is 33.4 Å². The lowest BCUT2D eigenvalue weighted by Crippen LogP contribution is -2.17. The van der Waals surface area contributed by atoms with Gasteiger partial charge in [-0.05, 0) is 136 Å². The van der Waals surface area contributed by atoms with Crippen LogP contribution in [0.5, 0.6) is 0 Å². The lowest BCUT2D eigenvalue weighted by molar-refractivity contribution is 0.522. The van der Waals surface area contributed by atoms with E-state index in [0.29, 0.717) is 11.8 Å². The van der Waals surface area contributed by atoms with E-state index in [1.807, 2.05) is 32.0 Å². The summed E-state index contributed by atoms with van der Waals surface area (Å²) in [6, 6.07) is 73.3. The average molecular weight is 871 g/mol.